The molecular formula is C14H11N3O3. The van der Waals surface area contributed by atoms with Crippen LogP contribution in [0.4, 0.5) is 0 Å². The molecule has 1 aromatic carbocycles. The summed E-state index contributed by atoms with van der Waals surface area (Å²) in [5.41, 5.74) is 1.30. The van der Waals surface area contributed by atoms with Gasteiger partial charge in [-0.2, -0.15) is 0 Å². The fourth-order valence-corrected chi connectivity index (χ4v) is 2.42. The van der Waals surface area contributed by atoms with Gasteiger partial charge in [-0.1, -0.05) is 18.2 Å². The Hall–Kier alpha value is -2.63. The SMILES string of the molecule is O=Cc1ncc2cccc(C3CCC(=O)NC3=O)c2n1. The Balaban J connectivity index is 2.13. The van der Waals surface area contributed by atoms with Crippen molar-refractivity contribution >= 4 is 29.0 Å². The molecule has 0 spiro atoms. The highest BCUT2D eigenvalue weighted by Gasteiger charge is 2.29. The summed E-state index contributed by atoms with van der Waals surface area (Å²) in [6.07, 6.45) is 2.88. The van der Waals surface area contributed by atoms with Crippen molar-refractivity contribution in [2.75, 3.05) is 0 Å². The van der Waals surface area contributed by atoms with Gasteiger partial charge in [-0.3, -0.25) is 19.7 Å². The van der Waals surface area contributed by atoms with Gasteiger partial charge in [0.2, 0.25) is 11.8 Å². The van der Waals surface area contributed by atoms with Crippen molar-refractivity contribution in [2.24, 2.45) is 0 Å². The zero-order valence-electron chi connectivity index (χ0n) is 10.5. The number of aldehydes is 1. The molecule has 6 nitrogen and oxygen atoms in total. The lowest BCUT2D eigenvalue weighted by Crippen LogP contribution is -2.39. The maximum atomic E-state index is 12.0. The number of imide groups is 1. The molecule has 2 aromatic rings. The molecule has 0 radical (unpaired) electrons. The molecule has 2 amide bonds. The fourth-order valence-electron chi connectivity index (χ4n) is 2.42. The smallest absolute Gasteiger partial charge is 0.234 e. The first kappa shape index (κ1) is 12.4. The Bertz CT molecular complexity index is 727. The highest BCUT2D eigenvalue weighted by atomic mass is 16.2. The maximum absolute atomic E-state index is 12.0. The van der Waals surface area contributed by atoms with Crippen LogP contribution in [0.5, 0.6) is 0 Å². The zero-order valence-corrected chi connectivity index (χ0v) is 10.5. The minimum Gasteiger partial charge on any atom is -0.296 e. The van der Waals surface area contributed by atoms with Crippen LogP contribution in [0.25, 0.3) is 10.9 Å². The molecule has 1 unspecified atom stereocenters. The number of amides is 2. The van der Waals surface area contributed by atoms with E-state index in [-0.39, 0.29) is 17.6 Å². The quantitative estimate of drug-likeness (QED) is 0.648. The maximum Gasteiger partial charge on any atom is 0.234 e. The van der Waals surface area contributed by atoms with Gasteiger partial charge in [-0.25, -0.2) is 9.97 Å². The standard InChI is InChI=1S/C14H11N3O3/c18-7-11-15-6-8-2-1-3-9(13(8)16-11)10-4-5-12(19)17-14(10)20/h1-3,6-7,10H,4-5H2,(H,17,19,20). The first-order valence-electron chi connectivity index (χ1n) is 6.23. The van der Waals surface area contributed by atoms with E-state index in [9.17, 15) is 14.4 Å². The number of nitrogens with one attached hydrogen (secondary N) is 1. The van der Waals surface area contributed by atoms with E-state index in [0.717, 1.165) is 10.9 Å². The van der Waals surface area contributed by atoms with Gasteiger partial charge in [0, 0.05) is 18.0 Å². The van der Waals surface area contributed by atoms with Crippen molar-refractivity contribution in [1.29, 1.82) is 0 Å². The highest BCUT2D eigenvalue weighted by molar-refractivity contribution is 6.02. The number of hydrogen-bond acceptors (Lipinski definition) is 5. The predicted octanol–water partition coefficient (Wildman–Crippen LogP) is 0.962. The minimum absolute atomic E-state index is 0.0808. The van der Waals surface area contributed by atoms with E-state index in [1.807, 2.05) is 12.1 Å². The van der Waals surface area contributed by atoms with E-state index in [1.54, 1.807) is 12.3 Å². The molecule has 1 aliphatic rings. The van der Waals surface area contributed by atoms with E-state index in [0.29, 0.717) is 24.6 Å². The van der Waals surface area contributed by atoms with E-state index < -0.39 is 5.92 Å². The second-order valence-corrected chi connectivity index (χ2v) is 4.63. The van der Waals surface area contributed by atoms with Crippen molar-refractivity contribution in [1.82, 2.24) is 15.3 Å². The van der Waals surface area contributed by atoms with Gasteiger partial charge in [0.05, 0.1) is 11.4 Å². The van der Waals surface area contributed by atoms with E-state index in [2.05, 4.69) is 15.3 Å². The lowest BCUT2D eigenvalue weighted by molar-refractivity contribution is -0.134. The van der Waals surface area contributed by atoms with Crippen LogP contribution >= 0.6 is 0 Å². The Labute approximate surface area is 114 Å². The lowest BCUT2D eigenvalue weighted by atomic mass is 9.89. The molecule has 1 atom stereocenters. The van der Waals surface area contributed by atoms with Crippen molar-refractivity contribution in [3.63, 3.8) is 0 Å². The van der Waals surface area contributed by atoms with Crippen LogP contribution in [0.2, 0.25) is 0 Å². The van der Waals surface area contributed by atoms with Gasteiger partial charge in [-0.05, 0) is 12.0 Å². The third-order valence-corrected chi connectivity index (χ3v) is 3.38. The molecule has 6 heteroatoms. The van der Waals surface area contributed by atoms with E-state index in [1.165, 1.54) is 0 Å². The number of nitrogens with zero attached hydrogens (tertiary/aromatic N) is 2. The Morgan fingerprint density at radius 2 is 2.15 bits per heavy atom. The van der Waals surface area contributed by atoms with Crippen LogP contribution in [-0.2, 0) is 9.59 Å². The first-order valence-corrected chi connectivity index (χ1v) is 6.23. The van der Waals surface area contributed by atoms with Crippen molar-refractivity contribution in [3.8, 4) is 0 Å². The van der Waals surface area contributed by atoms with Crippen molar-refractivity contribution in [3.05, 3.63) is 35.8 Å². The molecule has 1 saturated heterocycles. The van der Waals surface area contributed by atoms with Gasteiger partial charge in [0.1, 0.15) is 0 Å². The summed E-state index contributed by atoms with van der Waals surface area (Å²) in [4.78, 5) is 42.1. The normalized spacial score (nSPS) is 18.9. The predicted molar refractivity (Wildman–Crippen MR) is 70.1 cm³/mol. The highest BCUT2D eigenvalue weighted by Crippen LogP contribution is 2.29. The second kappa shape index (κ2) is 4.80. The van der Waals surface area contributed by atoms with Crippen molar-refractivity contribution in [2.45, 2.75) is 18.8 Å². The van der Waals surface area contributed by atoms with E-state index in [4.69, 9.17) is 0 Å². The van der Waals surface area contributed by atoms with Crippen LogP contribution in [0.15, 0.2) is 24.4 Å². The molecular weight excluding hydrogens is 258 g/mol. The fraction of sp³-hybridized carbons (Fsp3) is 0.214. The summed E-state index contributed by atoms with van der Waals surface area (Å²) < 4.78 is 0. The largest absolute Gasteiger partial charge is 0.296 e. The monoisotopic (exact) mass is 269 g/mol. The second-order valence-electron chi connectivity index (χ2n) is 4.63. The summed E-state index contributed by atoms with van der Waals surface area (Å²) in [7, 11) is 0. The molecule has 3 rings (SSSR count). The minimum atomic E-state index is -0.425. The topological polar surface area (TPSA) is 89.0 Å². The third kappa shape index (κ3) is 2.05. The first-order chi connectivity index (χ1) is 9.69. The number of benzene rings is 1. The number of fused-ring (bicyclic) bond motifs is 1. The molecule has 1 aromatic heterocycles. The van der Waals surface area contributed by atoms with Gasteiger partial charge >= 0.3 is 0 Å². The number of carbonyl (C=O) groups excluding carboxylic acids is 3. The summed E-state index contributed by atoms with van der Waals surface area (Å²) in [6, 6.07) is 5.43. The molecule has 0 saturated carbocycles. The Morgan fingerprint density at radius 1 is 1.30 bits per heavy atom. The van der Waals surface area contributed by atoms with Gasteiger partial charge in [0.15, 0.2) is 12.1 Å². The molecule has 100 valence electrons. The number of carbonyl (C=O) groups is 3. The van der Waals surface area contributed by atoms with Crippen LogP contribution in [0, 0.1) is 0 Å². The number of piperidine rings is 1. The molecule has 1 fully saturated rings. The van der Waals surface area contributed by atoms with Crippen LogP contribution in [0.1, 0.15) is 34.9 Å². The average Bonchev–Trinajstić information content (AvgIpc) is 2.46. The molecule has 20 heavy (non-hydrogen) atoms. The number of aromatic nitrogens is 2. The lowest BCUT2D eigenvalue weighted by Gasteiger charge is -2.21. The number of rotatable bonds is 2. The zero-order chi connectivity index (χ0) is 14.1. The van der Waals surface area contributed by atoms with Crippen LogP contribution in [0.3, 0.4) is 0 Å². The summed E-state index contributed by atoms with van der Waals surface area (Å²) >= 11 is 0. The average molecular weight is 269 g/mol. The summed E-state index contributed by atoms with van der Waals surface area (Å²) in [5.74, 6) is -0.919. The third-order valence-electron chi connectivity index (χ3n) is 3.38. The molecule has 2 heterocycles. The molecule has 0 bridgehead atoms. The Morgan fingerprint density at radius 3 is 2.90 bits per heavy atom. The number of hydrogen-bond donors (Lipinski definition) is 1. The van der Waals surface area contributed by atoms with Crippen LogP contribution < -0.4 is 5.32 Å². The van der Waals surface area contributed by atoms with Gasteiger partial charge in [-0.15, -0.1) is 0 Å². The molecule has 1 aliphatic heterocycles. The Kier molecular flexibility index (Phi) is 2.98. The van der Waals surface area contributed by atoms with Gasteiger partial charge in [0.25, 0.3) is 0 Å². The molecule has 1 N–H and O–H groups in total. The summed E-state index contributed by atoms with van der Waals surface area (Å²) in [6.45, 7) is 0. The molecule has 0 aliphatic carbocycles. The van der Waals surface area contributed by atoms with Crippen molar-refractivity contribution < 1.29 is 14.4 Å². The summed E-state index contributed by atoms with van der Waals surface area (Å²) in [5, 5.41) is 3.09. The number of para-hydroxylation sites is 1. The van der Waals surface area contributed by atoms with E-state index >= 15 is 0 Å². The van der Waals surface area contributed by atoms with Gasteiger partial charge < -0.3 is 0 Å². The van der Waals surface area contributed by atoms with Crippen LogP contribution in [-0.4, -0.2) is 28.1 Å².